The SMILES string of the molecule is COc1ccc(-n2c(N/N=C/c3ccccc3C)nc3ccccc3c2=O)cc1. The number of anilines is 1. The van der Waals surface area contributed by atoms with E-state index in [-0.39, 0.29) is 5.56 Å². The first-order valence-corrected chi connectivity index (χ1v) is 9.18. The summed E-state index contributed by atoms with van der Waals surface area (Å²) in [4.78, 5) is 17.8. The van der Waals surface area contributed by atoms with Crippen molar-refractivity contribution in [2.24, 2.45) is 5.10 Å². The van der Waals surface area contributed by atoms with Crippen LogP contribution in [0.3, 0.4) is 0 Å². The lowest BCUT2D eigenvalue weighted by Gasteiger charge is -2.13. The highest BCUT2D eigenvalue weighted by Crippen LogP contribution is 2.19. The third kappa shape index (κ3) is 3.73. The Bertz CT molecular complexity index is 1240. The van der Waals surface area contributed by atoms with E-state index < -0.39 is 0 Å². The van der Waals surface area contributed by atoms with E-state index in [0.29, 0.717) is 28.3 Å². The lowest BCUT2D eigenvalue weighted by molar-refractivity contribution is 0.414. The van der Waals surface area contributed by atoms with Crippen molar-refractivity contribution in [3.63, 3.8) is 0 Å². The van der Waals surface area contributed by atoms with E-state index in [1.807, 2.05) is 61.5 Å². The van der Waals surface area contributed by atoms with Crippen molar-refractivity contribution < 1.29 is 4.74 Å². The van der Waals surface area contributed by atoms with Gasteiger partial charge >= 0.3 is 0 Å². The van der Waals surface area contributed by atoms with Crippen LogP contribution in [-0.4, -0.2) is 22.9 Å². The van der Waals surface area contributed by atoms with Gasteiger partial charge in [0, 0.05) is 0 Å². The smallest absolute Gasteiger partial charge is 0.267 e. The van der Waals surface area contributed by atoms with Crippen molar-refractivity contribution in [3.8, 4) is 11.4 Å². The Morgan fingerprint density at radius 2 is 1.72 bits per heavy atom. The first kappa shape index (κ1) is 18.4. The van der Waals surface area contributed by atoms with Gasteiger partial charge in [0.15, 0.2) is 0 Å². The second-order valence-corrected chi connectivity index (χ2v) is 6.52. The van der Waals surface area contributed by atoms with Crippen LogP contribution < -0.4 is 15.7 Å². The number of methoxy groups -OCH3 is 1. The highest BCUT2D eigenvalue weighted by molar-refractivity contribution is 5.82. The fraction of sp³-hybridized carbons (Fsp3) is 0.0870. The normalized spacial score (nSPS) is 11.1. The molecule has 144 valence electrons. The molecule has 0 saturated heterocycles. The van der Waals surface area contributed by atoms with Crippen molar-refractivity contribution in [2.75, 3.05) is 12.5 Å². The molecule has 0 amide bonds. The van der Waals surface area contributed by atoms with Gasteiger partial charge in [0.05, 0.1) is 29.9 Å². The van der Waals surface area contributed by atoms with E-state index in [1.54, 1.807) is 31.5 Å². The highest BCUT2D eigenvalue weighted by atomic mass is 16.5. The number of hydrogen-bond donors (Lipinski definition) is 1. The van der Waals surface area contributed by atoms with Crippen LogP contribution in [0.25, 0.3) is 16.6 Å². The number of aromatic nitrogens is 2. The van der Waals surface area contributed by atoms with E-state index in [0.717, 1.165) is 11.1 Å². The summed E-state index contributed by atoms with van der Waals surface area (Å²) in [7, 11) is 1.60. The van der Waals surface area contributed by atoms with Gasteiger partial charge in [-0.15, -0.1) is 0 Å². The molecule has 3 aromatic carbocycles. The minimum absolute atomic E-state index is 0.172. The molecule has 1 N–H and O–H groups in total. The maximum absolute atomic E-state index is 13.2. The molecule has 6 nitrogen and oxygen atoms in total. The second kappa shape index (κ2) is 7.98. The van der Waals surface area contributed by atoms with Gasteiger partial charge in [0.2, 0.25) is 5.95 Å². The fourth-order valence-corrected chi connectivity index (χ4v) is 3.07. The van der Waals surface area contributed by atoms with Gasteiger partial charge < -0.3 is 4.74 Å². The van der Waals surface area contributed by atoms with E-state index in [9.17, 15) is 4.79 Å². The summed E-state index contributed by atoms with van der Waals surface area (Å²) in [5, 5.41) is 4.86. The molecular weight excluding hydrogens is 364 g/mol. The average Bonchev–Trinajstić information content (AvgIpc) is 2.75. The van der Waals surface area contributed by atoms with Crippen LogP contribution in [0.2, 0.25) is 0 Å². The Balaban J connectivity index is 1.80. The molecule has 0 atom stereocenters. The van der Waals surface area contributed by atoms with Crippen molar-refractivity contribution >= 4 is 23.1 Å². The maximum Gasteiger partial charge on any atom is 0.267 e. The van der Waals surface area contributed by atoms with Crippen LogP contribution in [0, 0.1) is 6.92 Å². The summed E-state index contributed by atoms with van der Waals surface area (Å²) in [6.07, 6.45) is 1.72. The van der Waals surface area contributed by atoms with Crippen molar-refractivity contribution in [1.82, 2.24) is 9.55 Å². The summed E-state index contributed by atoms with van der Waals surface area (Å²) in [6.45, 7) is 2.02. The summed E-state index contributed by atoms with van der Waals surface area (Å²) < 4.78 is 6.73. The van der Waals surface area contributed by atoms with Gasteiger partial charge in [0.1, 0.15) is 5.75 Å². The molecule has 0 spiro atoms. The molecule has 29 heavy (non-hydrogen) atoms. The standard InChI is InChI=1S/C23H20N4O2/c1-16-7-3-4-8-17(16)15-24-26-23-25-21-10-6-5-9-20(21)22(28)27(23)18-11-13-19(29-2)14-12-18/h3-15H,1-2H3,(H,25,26)/b24-15+. The molecule has 0 unspecified atom stereocenters. The fourth-order valence-electron chi connectivity index (χ4n) is 3.07. The van der Waals surface area contributed by atoms with Crippen molar-refractivity contribution in [3.05, 3.63) is 94.3 Å². The first-order valence-electron chi connectivity index (χ1n) is 9.18. The molecule has 0 aliphatic carbocycles. The van der Waals surface area contributed by atoms with Gasteiger partial charge in [-0.05, 0) is 54.4 Å². The number of nitrogens with one attached hydrogen (secondary N) is 1. The number of ether oxygens (including phenoxy) is 1. The molecule has 0 bridgehead atoms. The summed E-state index contributed by atoms with van der Waals surface area (Å²) >= 11 is 0. The maximum atomic E-state index is 13.2. The van der Waals surface area contributed by atoms with Gasteiger partial charge in [-0.1, -0.05) is 36.4 Å². The quantitative estimate of drug-likeness (QED) is 0.415. The van der Waals surface area contributed by atoms with Gasteiger partial charge in [0.25, 0.3) is 5.56 Å². The Morgan fingerprint density at radius 1 is 1.00 bits per heavy atom. The molecule has 1 heterocycles. The minimum Gasteiger partial charge on any atom is -0.497 e. The van der Waals surface area contributed by atoms with E-state index >= 15 is 0 Å². The Hall–Kier alpha value is -3.93. The molecule has 4 rings (SSSR count). The number of fused-ring (bicyclic) bond motifs is 1. The topological polar surface area (TPSA) is 68.5 Å². The predicted octanol–water partition coefficient (Wildman–Crippen LogP) is 4.15. The number of para-hydroxylation sites is 1. The van der Waals surface area contributed by atoms with Crippen LogP contribution in [0.1, 0.15) is 11.1 Å². The number of benzene rings is 3. The molecule has 0 saturated carbocycles. The lowest BCUT2D eigenvalue weighted by Crippen LogP contribution is -2.22. The van der Waals surface area contributed by atoms with E-state index in [4.69, 9.17) is 4.74 Å². The lowest BCUT2D eigenvalue weighted by atomic mass is 10.1. The molecular formula is C23H20N4O2. The molecule has 0 aliphatic heterocycles. The Morgan fingerprint density at radius 3 is 2.48 bits per heavy atom. The van der Waals surface area contributed by atoms with Gasteiger partial charge in [-0.2, -0.15) is 5.10 Å². The number of hydrogen-bond acceptors (Lipinski definition) is 5. The molecule has 4 aromatic rings. The zero-order valence-corrected chi connectivity index (χ0v) is 16.2. The van der Waals surface area contributed by atoms with Crippen molar-refractivity contribution in [2.45, 2.75) is 6.92 Å². The molecule has 0 fully saturated rings. The van der Waals surface area contributed by atoms with Crippen LogP contribution >= 0.6 is 0 Å². The third-order valence-corrected chi connectivity index (χ3v) is 4.66. The first-order chi connectivity index (χ1) is 14.2. The summed E-state index contributed by atoms with van der Waals surface area (Å²) in [5.41, 5.74) is 6.14. The van der Waals surface area contributed by atoms with Crippen LogP contribution in [0.4, 0.5) is 5.95 Å². The molecule has 0 aliphatic rings. The van der Waals surface area contributed by atoms with Crippen LogP contribution in [0.5, 0.6) is 5.75 Å². The number of aryl methyl sites for hydroxylation is 1. The van der Waals surface area contributed by atoms with Crippen LogP contribution in [0.15, 0.2) is 82.7 Å². The zero-order chi connectivity index (χ0) is 20.2. The van der Waals surface area contributed by atoms with Gasteiger partial charge in [-0.3, -0.25) is 4.79 Å². The average molecular weight is 384 g/mol. The Labute approximate surface area is 168 Å². The third-order valence-electron chi connectivity index (χ3n) is 4.66. The van der Waals surface area contributed by atoms with Gasteiger partial charge in [-0.25, -0.2) is 15.0 Å². The Kier molecular flexibility index (Phi) is 5.07. The zero-order valence-electron chi connectivity index (χ0n) is 16.2. The largest absolute Gasteiger partial charge is 0.497 e. The monoisotopic (exact) mass is 384 g/mol. The van der Waals surface area contributed by atoms with Crippen molar-refractivity contribution in [1.29, 1.82) is 0 Å². The van der Waals surface area contributed by atoms with E-state index in [1.165, 1.54) is 4.57 Å². The highest BCUT2D eigenvalue weighted by Gasteiger charge is 2.12. The number of nitrogens with zero attached hydrogens (tertiary/aromatic N) is 3. The van der Waals surface area contributed by atoms with E-state index in [2.05, 4.69) is 15.5 Å². The molecule has 6 heteroatoms. The molecule has 1 aromatic heterocycles. The second-order valence-electron chi connectivity index (χ2n) is 6.52. The number of hydrazone groups is 1. The molecule has 0 radical (unpaired) electrons. The summed E-state index contributed by atoms with van der Waals surface area (Å²) in [5.74, 6) is 1.05. The number of rotatable bonds is 5. The van der Waals surface area contributed by atoms with Crippen LogP contribution in [-0.2, 0) is 0 Å². The summed E-state index contributed by atoms with van der Waals surface area (Å²) in [6, 6.07) is 22.4. The predicted molar refractivity (Wildman–Crippen MR) is 116 cm³/mol. The minimum atomic E-state index is -0.172.